The van der Waals surface area contributed by atoms with Crippen molar-refractivity contribution in [3.8, 4) is 5.75 Å². The maximum Gasteiger partial charge on any atom is 0.255 e. The number of hydrogen-bond donors (Lipinski definition) is 4. The first-order valence-corrected chi connectivity index (χ1v) is 10.5. The van der Waals surface area contributed by atoms with Crippen LogP contribution in [0.2, 0.25) is 5.02 Å². The van der Waals surface area contributed by atoms with Crippen molar-refractivity contribution in [2.24, 2.45) is 11.7 Å². The first-order chi connectivity index (χ1) is 13.9. The van der Waals surface area contributed by atoms with Crippen LogP contribution in [0.15, 0.2) is 12.1 Å². The largest absolute Gasteiger partial charge is 0.496 e. The molecule has 2 aliphatic heterocycles. The molecular formula is C20H30ClN5O3. The van der Waals surface area contributed by atoms with Crippen LogP contribution in [0, 0.1) is 5.92 Å². The zero-order valence-corrected chi connectivity index (χ0v) is 17.5. The van der Waals surface area contributed by atoms with E-state index in [0.29, 0.717) is 27.9 Å². The molecule has 1 atom stereocenters. The van der Waals surface area contributed by atoms with Gasteiger partial charge in [0, 0.05) is 25.2 Å². The van der Waals surface area contributed by atoms with Gasteiger partial charge in [0.15, 0.2) is 0 Å². The Labute approximate surface area is 176 Å². The second-order valence-electron chi connectivity index (χ2n) is 7.79. The molecule has 0 spiro atoms. The highest BCUT2D eigenvalue weighted by Gasteiger charge is 2.35. The monoisotopic (exact) mass is 423 g/mol. The quantitative estimate of drug-likeness (QED) is 0.506. The number of carbonyl (C=O) groups excluding carboxylic acids is 2. The summed E-state index contributed by atoms with van der Waals surface area (Å²) in [4.78, 5) is 27.1. The van der Waals surface area contributed by atoms with E-state index in [0.717, 1.165) is 51.9 Å². The summed E-state index contributed by atoms with van der Waals surface area (Å²) >= 11 is 6.07. The number of likely N-dealkylation sites (tertiary alicyclic amines) is 1. The predicted molar refractivity (Wildman–Crippen MR) is 113 cm³/mol. The molecule has 0 aromatic heterocycles. The highest BCUT2D eigenvalue weighted by molar-refractivity contribution is 6.33. The molecule has 0 radical (unpaired) electrons. The molecule has 0 bridgehead atoms. The van der Waals surface area contributed by atoms with Gasteiger partial charge in [-0.2, -0.15) is 0 Å². The Balaban J connectivity index is 1.60. The van der Waals surface area contributed by atoms with Crippen LogP contribution in [0.1, 0.15) is 36.0 Å². The Bertz CT molecular complexity index is 746. The minimum atomic E-state index is -0.249. The Hall–Kier alpha value is -2.03. The summed E-state index contributed by atoms with van der Waals surface area (Å²) in [6.45, 7) is 3.30. The van der Waals surface area contributed by atoms with Crippen molar-refractivity contribution in [1.29, 1.82) is 0 Å². The van der Waals surface area contributed by atoms with E-state index in [1.54, 1.807) is 6.07 Å². The highest BCUT2D eigenvalue weighted by Crippen LogP contribution is 2.29. The van der Waals surface area contributed by atoms with E-state index in [9.17, 15) is 9.59 Å². The molecule has 2 fully saturated rings. The Morgan fingerprint density at radius 1 is 1.24 bits per heavy atom. The number of amides is 2. The average molecular weight is 424 g/mol. The summed E-state index contributed by atoms with van der Waals surface area (Å²) in [6, 6.07) is 2.86. The van der Waals surface area contributed by atoms with E-state index in [4.69, 9.17) is 27.8 Å². The number of carbonyl (C=O) groups is 2. The molecule has 2 aliphatic rings. The number of methoxy groups -OCH3 is 1. The standard InChI is InChI=1S/C20H30ClN5O3/c1-29-17-11-16(22)15(21)10-14(17)20(28)25-13-4-8-26(9-5-13)18(19(23)27)12-2-6-24-7-3-12/h10-13,18,24H,2-9,22H2,1H3,(H2,23,27)(H,25,28). The van der Waals surface area contributed by atoms with Gasteiger partial charge in [-0.1, -0.05) is 11.6 Å². The number of primary amides is 1. The van der Waals surface area contributed by atoms with E-state index < -0.39 is 0 Å². The summed E-state index contributed by atoms with van der Waals surface area (Å²) in [5.74, 6) is 0.190. The van der Waals surface area contributed by atoms with E-state index in [1.165, 1.54) is 13.2 Å². The van der Waals surface area contributed by atoms with Crippen LogP contribution in [-0.4, -0.2) is 62.1 Å². The molecule has 1 aromatic rings. The van der Waals surface area contributed by atoms with Gasteiger partial charge < -0.3 is 26.8 Å². The maximum absolute atomic E-state index is 12.7. The summed E-state index contributed by atoms with van der Waals surface area (Å²) < 4.78 is 5.27. The van der Waals surface area contributed by atoms with Crippen LogP contribution in [0.25, 0.3) is 0 Å². The van der Waals surface area contributed by atoms with Crippen LogP contribution >= 0.6 is 11.6 Å². The van der Waals surface area contributed by atoms with Gasteiger partial charge in [0.25, 0.3) is 5.91 Å². The van der Waals surface area contributed by atoms with Gasteiger partial charge in [-0.05, 0) is 50.8 Å². The molecule has 2 amide bonds. The predicted octanol–water partition coefficient (Wildman–Crippen LogP) is 0.979. The SMILES string of the molecule is COc1cc(N)c(Cl)cc1C(=O)NC1CCN(C(C(N)=O)C2CCNCC2)CC1. The number of benzene rings is 1. The number of nitrogens with one attached hydrogen (secondary N) is 2. The van der Waals surface area contributed by atoms with Gasteiger partial charge in [-0.15, -0.1) is 0 Å². The number of rotatable bonds is 6. The summed E-state index contributed by atoms with van der Waals surface area (Å²) in [7, 11) is 1.49. The third-order valence-electron chi connectivity index (χ3n) is 5.94. The van der Waals surface area contributed by atoms with Crippen LogP contribution < -0.4 is 26.8 Å². The lowest BCUT2D eigenvalue weighted by atomic mass is 9.87. The van der Waals surface area contributed by atoms with Crippen molar-refractivity contribution < 1.29 is 14.3 Å². The number of piperidine rings is 2. The topological polar surface area (TPSA) is 123 Å². The number of anilines is 1. The maximum atomic E-state index is 12.7. The Morgan fingerprint density at radius 2 is 1.90 bits per heavy atom. The van der Waals surface area contributed by atoms with E-state index in [-0.39, 0.29) is 23.9 Å². The summed E-state index contributed by atoms with van der Waals surface area (Å²) in [6.07, 6.45) is 3.43. The second kappa shape index (κ2) is 9.65. The molecule has 9 heteroatoms. The molecule has 29 heavy (non-hydrogen) atoms. The fourth-order valence-corrected chi connectivity index (χ4v) is 4.53. The smallest absolute Gasteiger partial charge is 0.255 e. The van der Waals surface area contributed by atoms with Crippen LogP contribution in [0.3, 0.4) is 0 Å². The third kappa shape index (κ3) is 5.12. The van der Waals surface area contributed by atoms with Crippen molar-refractivity contribution in [3.05, 3.63) is 22.7 Å². The Kier molecular flexibility index (Phi) is 7.21. The van der Waals surface area contributed by atoms with E-state index >= 15 is 0 Å². The number of nitrogens with zero attached hydrogens (tertiary/aromatic N) is 1. The molecule has 0 saturated carbocycles. The number of nitrogens with two attached hydrogens (primary N) is 2. The zero-order chi connectivity index (χ0) is 21.0. The first-order valence-electron chi connectivity index (χ1n) is 10.1. The van der Waals surface area contributed by atoms with Crippen molar-refractivity contribution in [2.75, 3.05) is 39.0 Å². The van der Waals surface area contributed by atoms with Gasteiger partial charge >= 0.3 is 0 Å². The van der Waals surface area contributed by atoms with Crippen molar-refractivity contribution in [3.63, 3.8) is 0 Å². The first kappa shape index (κ1) is 21.7. The van der Waals surface area contributed by atoms with Crippen molar-refractivity contribution in [2.45, 2.75) is 37.8 Å². The van der Waals surface area contributed by atoms with Gasteiger partial charge in [0.1, 0.15) is 5.75 Å². The van der Waals surface area contributed by atoms with Crippen LogP contribution in [-0.2, 0) is 4.79 Å². The number of nitrogen functional groups attached to an aromatic ring is 1. The second-order valence-corrected chi connectivity index (χ2v) is 8.20. The van der Waals surface area contributed by atoms with Crippen LogP contribution in [0.4, 0.5) is 5.69 Å². The third-order valence-corrected chi connectivity index (χ3v) is 6.27. The highest BCUT2D eigenvalue weighted by atomic mass is 35.5. The molecule has 8 nitrogen and oxygen atoms in total. The fraction of sp³-hybridized carbons (Fsp3) is 0.600. The van der Waals surface area contributed by atoms with Crippen LogP contribution in [0.5, 0.6) is 5.75 Å². The normalized spacial score (nSPS) is 20.2. The molecule has 2 saturated heterocycles. The summed E-state index contributed by atoms with van der Waals surface area (Å²) in [5.41, 5.74) is 12.3. The van der Waals surface area contributed by atoms with Crippen molar-refractivity contribution in [1.82, 2.24) is 15.5 Å². The molecule has 0 aliphatic carbocycles. The average Bonchev–Trinajstić information content (AvgIpc) is 2.71. The molecule has 2 heterocycles. The van der Waals surface area contributed by atoms with Gasteiger partial charge in [0.05, 0.1) is 29.4 Å². The van der Waals surface area contributed by atoms with Gasteiger partial charge in [-0.25, -0.2) is 0 Å². The molecule has 1 aromatic carbocycles. The lowest BCUT2D eigenvalue weighted by Crippen LogP contribution is -2.55. The molecule has 160 valence electrons. The lowest BCUT2D eigenvalue weighted by molar-refractivity contribution is -0.126. The Morgan fingerprint density at radius 3 is 2.48 bits per heavy atom. The molecule has 6 N–H and O–H groups in total. The van der Waals surface area contributed by atoms with E-state index in [2.05, 4.69) is 15.5 Å². The number of hydrogen-bond acceptors (Lipinski definition) is 6. The molecule has 3 rings (SSSR count). The summed E-state index contributed by atoms with van der Waals surface area (Å²) in [5, 5.41) is 6.70. The van der Waals surface area contributed by atoms with E-state index in [1.807, 2.05) is 0 Å². The number of ether oxygens (including phenoxy) is 1. The number of halogens is 1. The van der Waals surface area contributed by atoms with Crippen molar-refractivity contribution >= 4 is 29.1 Å². The minimum Gasteiger partial charge on any atom is -0.496 e. The fourth-order valence-electron chi connectivity index (χ4n) is 4.37. The zero-order valence-electron chi connectivity index (χ0n) is 16.7. The molecule has 1 unspecified atom stereocenters. The van der Waals surface area contributed by atoms with Gasteiger partial charge in [-0.3, -0.25) is 14.5 Å². The minimum absolute atomic E-state index is 0.0151. The van der Waals surface area contributed by atoms with Gasteiger partial charge in [0.2, 0.25) is 5.91 Å². The molecular weight excluding hydrogens is 394 g/mol. The lowest BCUT2D eigenvalue weighted by Gasteiger charge is -2.40.